The van der Waals surface area contributed by atoms with Gasteiger partial charge in [0, 0.05) is 17.2 Å². The molecule has 0 spiro atoms. The van der Waals surface area contributed by atoms with Crippen LogP contribution < -0.4 is 4.74 Å². The lowest BCUT2D eigenvalue weighted by Gasteiger charge is -2.09. The maximum absolute atomic E-state index is 5.96. The maximum Gasteiger partial charge on any atom is 0.226 e. The van der Waals surface area contributed by atoms with Crippen molar-refractivity contribution < 1.29 is 9.15 Å². The molecule has 2 aromatic carbocycles. The highest BCUT2D eigenvalue weighted by Crippen LogP contribution is 2.31. The smallest absolute Gasteiger partial charge is 0.226 e. The van der Waals surface area contributed by atoms with Crippen LogP contribution in [0.15, 0.2) is 58.0 Å². The van der Waals surface area contributed by atoms with E-state index in [2.05, 4.69) is 34.5 Å². The predicted octanol–water partition coefficient (Wildman–Crippen LogP) is 6.06. The Morgan fingerprint density at radius 1 is 1.03 bits per heavy atom. The van der Waals surface area contributed by atoms with E-state index in [9.17, 15) is 0 Å². The molecule has 0 aliphatic carbocycles. The SMILES string of the molecule is CCOc1ccc(-c2nc(CSc3nc4ccccc4n4c(C(C)C)nnc34)c(C)o2)cc1. The van der Waals surface area contributed by atoms with Gasteiger partial charge in [0.05, 0.1) is 23.3 Å². The average Bonchev–Trinajstić information content (AvgIpc) is 3.43. The zero-order chi connectivity index (χ0) is 22.9. The Hall–Kier alpha value is -3.39. The number of fused-ring (bicyclic) bond motifs is 3. The van der Waals surface area contributed by atoms with E-state index in [1.807, 2.05) is 56.3 Å². The topological polar surface area (TPSA) is 78.3 Å². The van der Waals surface area contributed by atoms with E-state index in [0.717, 1.165) is 50.3 Å². The van der Waals surface area contributed by atoms with E-state index in [1.165, 1.54) is 0 Å². The summed E-state index contributed by atoms with van der Waals surface area (Å²) in [4.78, 5) is 9.63. The zero-order valence-electron chi connectivity index (χ0n) is 19.1. The average molecular weight is 460 g/mol. The van der Waals surface area contributed by atoms with Gasteiger partial charge in [-0.2, -0.15) is 0 Å². The molecule has 0 aliphatic rings. The second kappa shape index (κ2) is 8.86. The molecule has 5 rings (SSSR count). The van der Waals surface area contributed by atoms with Crippen molar-refractivity contribution in [3.05, 3.63) is 65.8 Å². The quantitative estimate of drug-likeness (QED) is 0.274. The number of hydrogen-bond donors (Lipinski definition) is 0. The first-order valence-electron chi connectivity index (χ1n) is 11.0. The van der Waals surface area contributed by atoms with Crippen molar-refractivity contribution in [2.75, 3.05) is 6.61 Å². The molecule has 5 aromatic rings. The van der Waals surface area contributed by atoms with Crippen LogP contribution in [0.1, 0.15) is 44.0 Å². The fourth-order valence-electron chi connectivity index (χ4n) is 3.73. The summed E-state index contributed by atoms with van der Waals surface area (Å²) in [5.41, 5.74) is 4.51. The molecule has 0 unspecified atom stereocenters. The fourth-order valence-corrected chi connectivity index (χ4v) is 4.70. The van der Waals surface area contributed by atoms with Gasteiger partial charge in [-0.3, -0.25) is 4.40 Å². The maximum atomic E-state index is 5.96. The molecule has 0 atom stereocenters. The van der Waals surface area contributed by atoms with E-state index in [-0.39, 0.29) is 5.92 Å². The molecular weight excluding hydrogens is 434 g/mol. The van der Waals surface area contributed by atoms with Gasteiger partial charge in [-0.1, -0.05) is 37.7 Å². The standard InChI is InChI=1S/C25H25N5O2S/c1-5-31-18-12-10-17(11-13-18)24-26-20(16(4)32-24)14-33-25-23-29-28-22(15(2)3)30(23)21-9-7-6-8-19(21)27-25/h6-13,15H,5,14H2,1-4H3. The lowest BCUT2D eigenvalue weighted by atomic mass is 10.2. The number of thioether (sulfide) groups is 1. The number of para-hydroxylation sites is 2. The highest BCUT2D eigenvalue weighted by atomic mass is 32.2. The lowest BCUT2D eigenvalue weighted by Crippen LogP contribution is -2.01. The van der Waals surface area contributed by atoms with E-state index in [4.69, 9.17) is 19.1 Å². The summed E-state index contributed by atoms with van der Waals surface area (Å²) in [6.07, 6.45) is 0. The molecule has 168 valence electrons. The summed E-state index contributed by atoms with van der Waals surface area (Å²) < 4.78 is 13.6. The third-order valence-corrected chi connectivity index (χ3v) is 6.36. The molecule has 0 radical (unpaired) electrons. The number of ether oxygens (including phenoxy) is 1. The second-order valence-electron chi connectivity index (χ2n) is 8.05. The number of aromatic nitrogens is 5. The Balaban J connectivity index is 1.45. The molecule has 0 aliphatic heterocycles. The Morgan fingerprint density at radius 2 is 1.82 bits per heavy atom. The highest BCUT2D eigenvalue weighted by molar-refractivity contribution is 7.98. The van der Waals surface area contributed by atoms with Crippen LogP contribution in [0.3, 0.4) is 0 Å². The van der Waals surface area contributed by atoms with Gasteiger partial charge >= 0.3 is 0 Å². The van der Waals surface area contributed by atoms with Crippen LogP contribution >= 0.6 is 11.8 Å². The van der Waals surface area contributed by atoms with Gasteiger partial charge in [0.2, 0.25) is 5.89 Å². The first-order valence-corrected chi connectivity index (χ1v) is 12.0. The molecule has 0 saturated heterocycles. The van der Waals surface area contributed by atoms with Crippen LogP contribution in [0, 0.1) is 6.92 Å². The van der Waals surface area contributed by atoms with Crippen LogP contribution in [0.5, 0.6) is 5.75 Å². The van der Waals surface area contributed by atoms with E-state index in [1.54, 1.807) is 11.8 Å². The van der Waals surface area contributed by atoms with E-state index in [0.29, 0.717) is 18.3 Å². The van der Waals surface area contributed by atoms with Crippen molar-refractivity contribution in [2.24, 2.45) is 0 Å². The molecular formula is C25H25N5O2S. The first-order chi connectivity index (χ1) is 16.0. The van der Waals surface area contributed by atoms with Gasteiger partial charge in [-0.05, 0) is 50.2 Å². The lowest BCUT2D eigenvalue weighted by molar-refractivity contribution is 0.340. The Labute approximate surface area is 196 Å². The van der Waals surface area contributed by atoms with Crippen molar-refractivity contribution in [1.29, 1.82) is 0 Å². The number of nitrogens with zero attached hydrogens (tertiary/aromatic N) is 5. The molecule has 0 bridgehead atoms. The van der Waals surface area contributed by atoms with Crippen LogP contribution in [0.4, 0.5) is 0 Å². The largest absolute Gasteiger partial charge is 0.494 e. The van der Waals surface area contributed by atoms with Gasteiger partial charge in [0.1, 0.15) is 22.4 Å². The minimum absolute atomic E-state index is 0.248. The number of rotatable bonds is 7. The molecule has 0 amide bonds. The fraction of sp³-hybridized carbons (Fsp3) is 0.280. The van der Waals surface area contributed by atoms with Crippen LogP contribution in [-0.4, -0.2) is 31.2 Å². The Morgan fingerprint density at radius 3 is 2.58 bits per heavy atom. The molecule has 3 heterocycles. The minimum atomic E-state index is 0.248. The molecule has 7 nitrogen and oxygen atoms in total. The summed E-state index contributed by atoms with van der Waals surface area (Å²) in [5.74, 6) is 4.04. The molecule has 3 aromatic heterocycles. The van der Waals surface area contributed by atoms with Gasteiger partial charge in [0.15, 0.2) is 5.65 Å². The summed E-state index contributed by atoms with van der Waals surface area (Å²) in [7, 11) is 0. The van der Waals surface area contributed by atoms with Crippen molar-refractivity contribution >= 4 is 28.4 Å². The van der Waals surface area contributed by atoms with Crippen molar-refractivity contribution in [3.63, 3.8) is 0 Å². The molecule has 0 N–H and O–H groups in total. The van der Waals surface area contributed by atoms with Crippen molar-refractivity contribution in [1.82, 2.24) is 24.6 Å². The number of oxazole rings is 1. The number of hydrogen-bond acceptors (Lipinski definition) is 7. The normalized spacial score (nSPS) is 11.7. The summed E-state index contributed by atoms with van der Waals surface area (Å²) >= 11 is 1.60. The number of aryl methyl sites for hydroxylation is 1. The molecule has 0 fully saturated rings. The molecule has 33 heavy (non-hydrogen) atoms. The summed E-state index contributed by atoms with van der Waals surface area (Å²) in [6.45, 7) is 8.80. The third kappa shape index (κ3) is 4.06. The summed E-state index contributed by atoms with van der Waals surface area (Å²) in [5, 5.41) is 9.76. The molecule has 8 heteroatoms. The zero-order valence-corrected chi connectivity index (χ0v) is 19.9. The van der Waals surface area contributed by atoms with Crippen LogP contribution in [-0.2, 0) is 5.75 Å². The van der Waals surface area contributed by atoms with Gasteiger partial charge in [-0.15, -0.1) is 10.2 Å². The first kappa shape index (κ1) is 21.5. The van der Waals surface area contributed by atoms with Crippen molar-refractivity contribution in [3.8, 4) is 17.2 Å². The Bertz CT molecular complexity index is 1420. The highest BCUT2D eigenvalue weighted by Gasteiger charge is 2.19. The van der Waals surface area contributed by atoms with E-state index < -0.39 is 0 Å². The van der Waals surface area contributed by atoms with Gasteiger partial charge in [0.25, 0.3) is 0 Å². The third-order valence-electron chi connectivity index (χ3n) is 5.39. The van der Waals surface area contributed by atoms with E-state index >= 15 is 0 Å². The predicted molar refractivity (Wildman–Crippen MR) is 130 cm³/mol. The van der Waals surface area contributed by atoms with Crippen molar-refractivity contribution in [2.45, 2.75) is 44.4 Å². The molecule has 0 saturated carbocycles. The van der Waals surface area contributed by atoms with Crippen LogP contribution in [0.25, 0.3) is 28.1 Å². The van der Waals surface area contributed by atoms with Crippen LogP contribution in [0.2, 0.25) is 0 Å². The second-order valence-corrected chi connectivity index (χ2v) is 9.01. The summed E-state index contributed by atoms with van der Waals surface area (Å²) in [6, 6.07) is 15.9. The van der Waals surface area contributed by atoms with Gasteiger partial charge < -0.3 is 9.15 Å². The monoisotopic (exact) mass is 459 g/mol. The van der Waals surface area contributed by atoms with Gasteiger partial charge in [-0.25, -0.2) is 9.97 Å². The number of benzene rings is 2. The Kier molecular flexibility index (Phi) is 5.76. The minimum Gasteiger partial charge on any atom is -0.494 e.